The van der Waals surface area contributed by atoms with E-state index in [1.807, 2.05) is 13.8 Å². The van der Waals surface area contributed by atoms with E-state index in [4.69, 9.17) is 33.7 Å². The molecule has 1 aromatic carbocycles. The van der Waals surface area contributed by atoms with Crippen LogP contribution in [0.1, 0.15) is 24.2 Å². The molecule has 1 heterocycles. The van der Waals surface area contributed by atoms with Crippen LogP contribution in [0.4, 0.5) is 5.69 Å². The zero-order valence-corrected chi connectivity index (χ0v) is 12.4. The lowest BCUT2D eigenvalue weighted by atomic mass is 10.1. The Kier molecular flexibility index (Phi) is 3.95. The molecule has 1 amide bonds. The van der Waals surface area contributed by atoms with Crippen molar-refractivity contribution in [1.29, 1.82) is 0 Å². The zero-order valence-electron chi connectivity index (χ0n) is 10.9. The van der Waals surface area contributed by atoms with Gasteiger partial charge in [0, 0.05) is 18.8 Å². The van der Waals surface area contributed by atoms with Gasteiger partial charge in [-0.05, 0) is 26.0 Å². The normalized spacial score (nSPS) is 18.4. The first kappa shape index (κ1) is 14.4. The lowest BCUT2D eigenvalue weighted by Gasteiger charge is -2.38. The summed E-state index contributed by atoms with van der Waals surface area (Å²) >= 11 is 12.0. The first-order valence-corrected chi connectivity index (χ1v) is 6.73. The van der Waals surface area contributed by atoms with Gasteiger partial charge in [0.15, 0.2) is 0 Å². The van der Waals surface area contributed by atoms with E-state index in [9.17, 15) is 4.79 Å². The molecule has 0 radical (unpaired) electrons. The molecule has 0 aliphatic carbocycles. The lowest BCUT2D eigenvalue weighted by Crippen LogP contribution is -2.50. The van der Waals surface area contributed by atoms with Crippen LogP contribution in [0.15, 0.2) is 12.1 Å². The first-order chi connectivity index (χ1) is 8.80. The van der Waals surface area contributed by atoms with E-state index in [1.165, 1.54) is 6.07 Å². The van der Waals surface area contributed by atoms with Crippen molar-refractivity contribution < 1.29 is 9.53 Å². The molecule has 0 spiro atoms. The second-order valence-electron chi connectivity index (χ2n) is 5.20. The van der Waals surface area contributed by atoms with Gasteiger partial charge in [0.05, 0.1) is 27.8 Å². The fourth-order valence-corrected chi connectivity index (χ4v) is 2.54. The molecule has 0 saturated carbocycles. The lowest BCUT2D eigenvalue weighted by molar-refractivity contribution is -0.0763. The summed E-state index contributed by atoms with van der Waals surface area (Å²) in [5.41, 5.74) is 6.11. The number of nitrogen functional groups attached to an aromatic ring is 1. The molecule has 19 heavy (non-hydrogen) atoms. The summed E-state index contributed by atoms with van der Waals surface area (Å²) in [6, 6.07) is 3.09. The predicted molar refractivity (Wildman–Crippen MR) is 76.8 cm³/mol. The van der Waals surface area contributed by atoms with Crippen LogP contribution in [0, 0.1) is 0 Å². The number of benzene rings is 1. The highest BCUT2D eigenvalue weighted by molar-refractivity contribution is 6.44. The number of anilines is 1. The highest BCUT2D eigenvalue weighted by atomic mass is 35.5. The van der Waals surface area contributed by atoms with Crippen LogP contribution in [0.2, 0.25) is 10.0 Å². The third-order valence-electron chi connectivity index (χ3n) is 2.99. The Hall–Kier alpha value is -0.970. The molecule has 1 aliphatic heterocycles. The Balaban J connectivity index is 2.29. The number of carbonyl (C=O) groups excluding carboxylic acids is 1. The van der Waals surface area contributed by atoms with Crippen LogP contribution in [0.5, 0.6) is 0 Å². The maximum absolute atomic E-state index is 12.5. The minimum atomic E-state index is -0.357. The van der Waals surface area contributed by atoms with Crippen molar-refractivity contribution in [3.8, 4) is 0 Å². The maximum Gasteiger partial charge on any atom is 0.255 e. The summed E-state index contributed by atoms with van der Waals surface area (Å²) in [5.74, 6) is -0.171. The average molecular weight is 303 g/mol. The molecule has 0 unspecified atom stereocenters. The minimum Gasteiger partial charge on any atom is -0.399 e. The number of hydrogen-bond acceptors (Lipinski definition) is 3. The van der Waals surface area contributed by atoms with E-state index in [0.717, 1.165) is 0 Å². The third kappa shape index (κ3) is 3.14. The highest BCUT2D eigenvalue weighted by Gasteiger charge is 2.31. The fourth-order valence-electron chi connectivity index (χ4n) is 2.13. The van der Waals surface area contributed by atoms with Crippen molar-refractivity contribution in [1.82, 2.24) is 4.90 Å². The molecule has 4 nitrogen and oxygen atoms in total. The van der Waals surface area contributed by atoms with E-state index in [0.29, 0.717) is 30.9 Å². The molecule has 0 aromatic heterocycles. The Labute approximate surface area is 122 Å². The number of nitrogens with zero attached hydrogens (tertiary/aromatic N) is 1. The molecule has 104 valence electrons. The van der Waals surface area contributed by atoms with Crippen molar-refractivity contribution in [3.63, 3.8) is 0 Å². The molecule has 0 bridgehead atoms. The Morgan fingerprint density at radius 3 is 2.74 bits per heavy atom. The second kappa shape index (κ2) is 5.19. The molecule has 2 N–H and O–H groups in total. The molecule has 1 aliphatic rings. The fraction of sp³-hybridized carbons (Fsp3) is 0.462. The number of morpholine rings is 1. The highest BCUT2D eigenvalue weighted by Crippen LogP contribution is 2.30. The number of ether oxygens (including phenoxy) is 1. The predicted octanol–water partition coefficient (Wildman–Crippen LogP) is 2.83. The summed E-state index contributed by atoms with van der Waals surface area (Å²) in [4.78, 5) is 14.2. The molecule has 2 rings (SSSR count). The standard InChI is InChI=1S/C13H16Cl2N2O2/c1-13(2)7-17(3-4-19-13)12(18)9-5-8(16)6-10(14)11(9)15/h5-6H,3-4,7,16H2,1-2H3. The van der Waals surface area contributed by atoms with Crippen LogP contribution in [-0.4, -0.2) is 36.1 Å². The van der Waals surface area contributed by atoms with Crippen LogP contribution in [0.25, 0.3) is 0 Å². The number of rotatable bonds is 1. The number of hydrogen-bond donors (Lipinski definition) is 1. The SMILES string of the molecule is CC1(C)CN(C(=O)c2cc(N)cc(Cl)c2Cl)CCO1. The molecule has 1 saturated heterocycles. The van der Waals surface area contributed by atoms with Crippen LogP contribution >= 0.6 is 23.2 Å². The Morgan fingerprint density at radius 2 is 2.11 bits per heavy atom. The molecular weight excluding hydrogens is 287 g/mol. The third-order valence-corrected chi connectivity index (χ3v) is 3.80. The number of carbonyl (C=O) groups is 1. The van der Waals surface area contributed by atoms with Crippen LogP contribution in [-0.2, 0) is 4.74 Å². The van der Waals surface area contributed by atoms with Crippen LogP contribution < -0.4 is 5.73 Å². The number of nitrogens with two attached hydrogens (primary N) is 1. The van der Waals surface area contributed by atoms with Crippen molar-refractivity contribution in [2.24, 2.45) is 0 Å². The summed E-state index contributed by atoms with van der Waals surface area (Å²) in [6.45, 7) is 5.44. The van der Waals surface area contributed by atoms with Crippen molar-refractivity contribution in [2.75, 3.05) is 25.4 Å². The minimum absolute atomic E-state index is 0.171. The van der Waals surface area contributed by atoms with Gasteiger partial charge in [-0.25, -0.2) is 0 Å². The maximum atomic E-state index is 12.5. The smallest absolute Gasteiger partial charge is 0.255 e. The van der Waals surface area contributed by atoms with Gasteiger partial charge < -0.3 is 15.4 Å². The van der Waals surface area contributed by atoms with Gasteiger partial charge in [-0.2, -0.15) is 0 Å². The van der Waals surface area contributed by atoms with Crippen LogP contribution in [0.3, 0.4) is 0 Å². The molecule has 0 atom stereocenters. The quantitative estimate of drug-likeness (QED) is 0.812. The molecule has 1 fully saturated rings. The van der Waals surface area contributed by atoms with Crippen molar-refractivity contribution in [2.45, 2.75) is 19.4 Å². The van der Waals surface area contributed by atoms with E-state index >= 15 is 0 Å². The van der Waals surface area contributed by atoms with Gasteiger partial charge in [-0.3, -0.25) is 4.79 Å². The summed E-state index contributed by atoms with van der Waals surface area (Å²) in [6.07, 6.45) is 0. The van der Waals surface area contributed by atoms with E-state index in [1.54, 1.807) is 11.0 Å². The number of amides is 1. The van der Waals surface area contributed by atoms with E-state index in [-0.39, 0.29) is 21.6 Å². The molecule has 6 heteroatoms. The Bertz CT molecular complexity index is 518. The zero-order chi connectivity index (χ0) is 14.2. The van der Waals surface area contributed by atoms with Gasteiger partial charge in [-0.1, -0.05) is 23.2 Å². The largest absolute Gasteiger partial charge is 0.399 e. The topological polar surface area (TPSA) is 55.6 Å². The monoisotopic (exact) mass is 302 g/mol. The summed E-state index contributed by atoms with van der Waals surface area (Å²) in [5, 5.41) is 0.530. The number of halogens is 2. The van der Waals surface area contributed by atoms with Crippen molar-refractivity contribution in [3.05, 3.63) is 27.7 Å². The van der Waals surface area contributed by atoms with Gasteiger partial charge >= 0.3 is 0 Å². The van der Waals surface area contributed by atoms with Gasteiger partial charge in [0.2, 0.25) is 0 Å². The summed E-state index contributed by atoms with van der Waals surface area (Å²) in [7, 11) is 0. The van der Waals surface area contributed by atoms with Gasteiger partial charge in [0.25, 0.3) is 5.91 Å². The molecular formula is C13H16Cl2N2O2. The van der Waals surface area contributed by atoms with E-state index < -0.39 is 0 Å². The van der Waals surface area contributed by atoms with Gasteiger partial charge in [-0.15, -0.1) is 0 Å². The van der Waals surface area contributed by atoms with Crippen molar-refractivity contribution >= 4 is 34.8 Å². The molecule has 1 aromatic rings. The summed E-state index contributed by atoms with van der Waals surface area (Å²) < 4.78 is 5.58. The van der Waals surface area contributed by atoms with Gasteiger partial charge in [0.1, 0.15) is 0 Å². The average Bonchev–Trinajstić information content (AvgIpc) is 2.31. The Morgan fingerprint density at radius 1 is 1.42 bits per heavy atom. The second-order valence-corrected chi connectivity index (χ2v) is 5.98. The van der Waals surface area contributed by atoms with E-state index in [2.05, 4.69) is 0 Å². The first-order valence-electron chi connectivity index (χ1n) is 5.98.